The van der Waals surface area contributed by atoms with Gasteiger partial charge in [-0.15, -0.1) is 0 Å². The second-order valence-electron chi connectivity index (χ2n) is 4.42. The third-order valence-electron chi connectivity index (χ3n) is 2.96. The molecule has 2 rings (SSSR count). The fourth-order valence-corrected chi connectivity index (χ4v) is 1.90. The Bertz CT molecular complexity index is 546. The molecule has 0 fully saturated rings. The number of rotatable bonds is 4. The van der Waals surface area contributed by atoms with Crippen molar-refractivity contribution in [3.8, 4) is 5.75 Å². The number of nitrogens with two attached hydrogens (primary N) is 1. The number of aryl methyl sites for hydroxylation is 3. The molecule has 0 aliphatic rings. The first kappa shape index (κ1) is 12.5. The van der Waals surface area contributed by atoms with E-state index in [0.717, 1.165) is 23.6 Å². The Labute approximate surface area is 107 Å². The van der Waals surface area contributed by atoms with E-state index in [2.05, 4.69) is 12.0 Å². The number of nitrogens with zero attached hydrogens (tertiary/aromatic N) is 2. The quantitative estimate of drug-likeness (QED) is 0.842. The largest absolute Gasteiger partial charge is 0.485 e. The lowest BCUT2D eigenvalue weighted by Crippen LogP contribution is -2.04. The summed E-state index contributed by atoms with van der Waals surface area (Å²) in [4.78, 5) is 0. The van der Waals surface area contributed by atoms with Gasteiger partial charge in [0.25, 0.3) is 0 Å². The van der Waals surface area contributed by atoms with E-state index in [4.69, 9.17) is 10.5 Å². The van der Waals surface area contributed by atoms with Crippen LogP contribution in [0, 0.1) is 6.92 Å². The first-order chi connectivity index (χ1) is 8.60. The summed E-state index contributed by atoms with van der Waals surface area (Å²) in [6.45, 7) is 4.55. The van der Waals surface area contributed by atoms with Gasteiger partial charge in [-0.3, -0.25) is 4.68 Å². The van der Waals surface area contributed by atoms with Crippen LogP contribution in [0.2, 0.25) is 0 Å². The second kappa shape index (κ2) is 5.12. The molecule has 18 heavy (non-hydrogen) atoms. The molecule has 0 aliphatic carbocycles. The van der Waals surface area contributed by atoms with Crippen molar-refractivity contribution in [2.75, 3.05) is 5.73 Å². The molecule has 0 radical (unpaired) electrons. The van der Waals surface area contributed by atoms with Crippen LogP contribution in [-0.2, 0) is 20.1 Å². The Hall–Kier alpha value is -1.97. The lowest BCUT2D eigenvalue weighted by atomic mass is 10.1. The summed E-state index contributed by atoms with van der Waals surface area (Å²) in [7, 11) is 1.91. The van der Waals surface area contributed by atoms with Gasteiger partial charge in [-0.1, -0.05) is 13.0 Å². The van der Waals surface area contributed by atoms with Crippen LogP contribution < -0.4 is 10.5 Å². The second-order valence-corrected chi connectivity index (χ2v) is 4.42. The highest BCUT2D eigenvalue weighted by Gasteiger charge is 2.05. The first-order valence-electron chi connectivity index (χ1n) is 6.11. The van der Waals surface area contributed by atoms with Crippen molar-refractivity contribution >= 4 is 5.69 Å². The van der Waals surface area contributed by atoms with Gasteiger partial charge in [0.1, 0.15) is 12.4 Å². The lowest BCUT2D eigenvalue weighted by molar-refractivity contribution is 0.296. The number of anilines is 1. The van der Waals surface area contributed by atoms with Crippen LogP contribution in [0.15, 0.2) is 24.3 Å². The van der Waals surface area contributed by atoms with Gasteiger partial charge in [0, 0.05) is 7.05 Å². The SMILES string of the molecule is CCc1ccc(OCc2cc(C)nn2C)c(N)c1. The Morgan fingerprint density at radius 2 is 2.11 bits per heavy atom. The highest BCUT2D eigenvalue weighted by Crippen LogP contribution is 2.23. The fourth-order valence-electron chi connectivity index (χ4n) is 1.90. The number of benzene rings is 1. The zero-order valence-corrected chi connectivity index (χ0v) is 11.1. The van der Waals surface area contributed by atoms with E-state index in [-0.39, 0.29) is 0 Å². The van der Waals surface area contributed by atoms with Gasteiger partial charge in [0.15, 0.2) is 0 Å². The minimum absolute atomic E-state index is 0.479. The van der Waals surface area contributed by atoms with Gasteiger partial charge in [-0.2, -0.15) is 5.10 Å². The van der Waals surface area contributed by atoms with Crippen LogP contribution >= 0.6 is 0 Å². The Morgan fingerprint density at radius 3 is 2.67 bits per heavy atom. The summed E-state index contributed by atoms with van der Waals surface area (Å²) >= 11 is 0. The highest BCUT2D eigenvalue weighted by molar-refractivity contribution is 5.54. The highest BCUT2D eigenvalue weighted by atomic mass is 16.5. The minimum Gasteiger partial charge on any atom is -0.485 e. The minimum atomic E-state index is 0.479. The molecule has 4 nitrogen and oxygen atoms in total. The summed E-state index contributed by atoms with van der Waals surface area (Å²) in [5.41, 5.74) is 9.89. The average molecular weight is 245 g/mol. The van der Waals surface area contributed by atoms with Crippen molar-refractivity contribution in [1.82, 2.24) is 9.78 Å². The summed E-state index contributed by atoms with van der Waals surface area (Å²) in [6, 6.07) is 7.94. The molecule has 0 bridgehead atoms. The molecular weight excluding hydrogens is 226 g/mol. The molecule has 0 atom stereocenters. The molecule has 0 amide bonds. The molecule has 1 heterocycles. The van der Waals surface area contributed by atoms with Gasteiger partial charge >= 0.3 is 0 Å². The molecule has 4 heteroatoms. The van der Waals surface area contributed by atoms with Crippen molar-refractivity contribution in [2.24, 2.45) is 7.05 Å². The number of aromatic nitrogens is 2. The third kappa shape index (κ3) is 2.64. The van der Waals surface area contributed by atoms with Gasteiger partial charge in [-0.05, 0) is 37.1 Å². The van der Waals surface area contributed by atoms with E-state index in [1.54, 1.807) is 0 Å². The van der Waals surface area contributed by atoms with Gasteiger partial charge in [0.2, 0.25) is 0 Å². The molecule has 2 aromatic rings. The monoisotopic (exact) mass is 245 g/mol. The van der Waals surface area contributed by atoms with Crippen LogP contribution in [0.5, 0.6) is 5.75 Å². The number of ether oxygens (including phenoxy) is 1. The predicted octanol–water partition coefficient (Wildman–Crippen LogP) is 2.45. The molecule has 0 unspecified atom stereocenters. The maximum atomic E-state index is 5.96. The van der Waals surface area contributed by atoms with Gasteiger partial charge in [-0.25, -0.2) is 0 Å². The van der Waals surface area contributed by atoms with Crippen molar-refractivity contribution in [3.63, 3.8) is 0 Å². The Balaban J connectivity index is 2.08. The van der Waals surface area contributed by atoms with Crippen molar-refractivity contribution in [2.45, 2.75) is 26.9 Å². The van der Waals surface area contributed by atoms with Crippen LogP contribution in [0.3, 0.4) is 0 Å². The standard InChI is InChI=1S/C14H19N3O/c1-4-11-5-6-14(13(15)8-11)18-9-12-7-10(2)16-17(12)3/h5-8H,4,9,15H2,1-3H3. The summed E-state index contributed by atoms with van der Waals surface area (Å²) in [6.07, 6.45) is 0.978. The topological polar surface area (TPSA) is 53.1 Å². The molecule has 1 aromatic heterocycles. The van der Waals surface area contributed by atoms with E-state index < -0.39 is 0 Å². The Kier molecular flexibility index (Phi) is 3.55. The van der Waals surface area contributed by atoms with E-state index in [1.807, 2.05) is 42.9 Å². The van der Waals surface area contributed by atoms with E-state index >= 15 is 0 Å². The molecule has 0 saturated heterocycles. The van der Waals surface area contributed by atoms with Crippen LogP contribution in [0.1, 0.15) is 23.9 Å². The molecular formula is C14H19N3O. The molecule has 0 aliphatic heterocycles. The molecule has 0 saturated carbocycles. The van der Waals surface area contributed by atoms with E-state index in [9.17, 15) is 0 Å². The maximum Gasteiger partial charge on any atom is 0.142 e. The zero-order valence-electron chi connectivity index (χ0n) is 11.1. The average Bonchev–Trinajstić information content (AvgIpc) is 2.66. The molecule has 96 valence electrons. The fraction of sp³-hybridized carbons (Fsp3) is 0.357. The number of nitrogen functional groups attached to an aromatic ring is 1. The van der Waals surface area contributed by atoms with Crippen LogP contribution in [0.25, 0.3) is 0 Å². The molecule has 1 aromatic carbocycles. The molecule has 0 spiro atoms. The van der Waals surface area contributed by atoms with Crippen LogP contribution in [0.4, 0.5) is 5.69 Å². The van der Waals surface area contributed by atoms with Crippen molar-refractivity contribution in [3.05, 3.63) is 41.2 Å². The first-order valence-corrected chi connectivity index (χ1v) is 6.11. The molecule has 2 N–H and O–H groups in total. The summed E-state index contributed by atoms with van der Waals surface area (Å²) in [5.74, 6) is 0.728. The maximum absolute atomic E-state index is 5.96. The smallest absolute Gasteiger partial charge is 0.142 e. The van der Waals surface area contributed by atoms with Crippen molar-refractivity contribution < 1.29 is 4.74 Å². The number of hydrogen-bond acceptors (Lipinski definition) is 3. The number of hydrogen-bond donors (Lipinski definition) is 1. The Morgan fingerprint density at radius 1 is 1.33 bits per heavy atom. The van der Waals surface area contributed by atoms with Gasteiger partial charge in [0.05, 0.1) is 17.1 Å². The van der Waals surface area contributed by atoms with Gasteiger partial charge < -0.3 is 10.5 Å². The predicted molar refractivity (Wildman–Crippen MR) is 72.5 cm³/mol. The van der Waals surface area contributed by atoms with E-state index in [0.29, 0.717) is 12.3 Å². The third-order valence-corrected chi connectivity index (χ3v) is 2.96. The normalized spacial score (nSPS) is 10.6. The summed E-state index contributed by atoms with van der Waals surface area (Å²) < 4.78 is 7.56. The zero-order chi connectivity index (χ0) is 13.1. The summed E-state index contributed by atoms with van der Waals surface area (Å²) in [5, 5.41) is 4.28. The van der Waals surface area contributed by atoms with Crippen molar-refractivity contribution in [1.29, 1.82) is 0 Å². The van der Waals surface area contributed by atoms with E-state index in [1.165, 1.54) is 5.56 Å². The lowest BCUT2D eigenvalue weighted by Gasteiger charge is -2.10. The van der Waals surface area contributed by atoms with Crippen LogP contribution in [-0.4, -0.2) is 9.78 Å².